The van der Waals surface area contributed by atoms with E-state index in [1.807, 2.05) is 13.8 Å². The van der Waals surface area contributed by atoms with Gasteiger partial charge in [0.15, 0.2) is 0 Å². The van der Waals surface area contributed by atoms with Gasteiger partial charge in [-0.15, -0.1) is 0 Å². The number of hydrogen-bond donors (Lipinski definition) is 1. The lowest BCUT2D eigenvalue weighted by molar-refractivity contribution is -0.164. The van der Waals surface area contributed by atoms with Gasteiger partial charge in [-0.25, -0.2) is 0 Å². The molecule has 0 bridgehead atoms. The fourth-order valence-electron chi connectivity index (χ4n) is 1.75. The Morgan fingerprint density at radius 1 is 1.23 bits per heavy atom. The highest BCUT2D eigenvalue weighted by Gasteiger charge is 2.42. The monoisotopic (exact) mass is 195 g/mol. The third kappa shape index (κ3) is 2.86. The summed E-state index contributed by atoms with van der Waals surface area (Å²) in [6, 6.07) is -1.26. The molecular weight excluding hydrogens is 179 g/mol. The first-order valence-corrected chi connectivity index (χ1v) is 4.74. The van der Waals surface area contributed by atoms with Crippen molar-refractivity contribution in [2.45, 2.75) is 51.4 Å². The summed E-state index contributed by atoms with van der Waals surface area (Å²) in [4.78, 5) is 0. The van der Waals surface area contributed by atoms with Crippen LogP contribution in [0, 0.1) is 5.92 Å². The smallest absolute Gasteiger partial charge is 0.303 e. The third-order valence-electron chi connectivity index (χ3n) is 2.62. The lowest BCUT2D eigenvalue weighted by atomic mass is 9.91. The summed E-state index contributed by atoms with van der Waals surface area (Å²) >= 11 is 0. The fraction of sp³-hybridized carbons (Fsp3) is 1.00. The van der Waals surface area contributed by atoms with Crippen molar-refractivity contribution in [1.29, 1.82) is 0 Å². The summed E-state index contributed by atoms with van der Waals surface area (Å²) in [6.07, 6.45) is -2.30. The Morgan fingerprint density at radius 3 is 2.31 bits per heavy atom. The number of alkyl halides is 3. The Kier molecular flexibility index (Phi) is 3.22. The van der Waals surface area contributed by atoms with Crippen LogP contribution in [-0.4, -0.2) is 18.3 Å². The third-order valence-corrected chi connectivity index (χ3v) is 2.62. The molecule has 0 aromatic heterocycles. The van der Waals surface area contributed by atoms with E-state index >= 15 is 0 Å². The van der Waals surface area contributed by atoms with E-state index < -0.39 is 12.2 Å². The number of halogens is 3. The average Bonchev–Trinajstić information content (AvgIpc) is 2.03. The molecule has 1 nitrogen and oxygen atoms in total. The largest absolute Gasteiger partial charge is 0.403 e. The van der Waals surface area contributed by atoms with Crippen LogP contribution in [0.1, 0.15) is 33.1 Å². The second-order valence-corrected chi connectivity index (χ2v) is 4.04. The maximum Gasteiger partial charge on any atom is 0.403 e. The van der Waals surface area contributed by atoms with E-state index in [4.69, 9.17) is 0 Å². The Bertz CT molecular complexity index is 165. The van der Waals surface area contributed by atoms with Gasteiger partial charge in [0.05, 0.1) is 0 Å². The Balaban J connectivity index is 2.52. The van der Waals surface area contributed by atoms with Crippen LogP contribution in [0.3, 0.4) is 0 Å². The predicted molar refractivity (Wildman–Crippen MR) is 45.5 cm³/mol. The van der Waals surface area contributed by atoms with E-state index in [0.717, 1.165) is 6.42 Å². The predicted octanol–water partition coefficient (Wildman–Crippen LogP) is 2.72. The second kappa shape index (κ2) is 3.86. The van der Waals surface area contributed by atoms with E-state index in [1.54, 1.807) is 0 Å². The van der Waals surface area contributed by atoms with E-state index in [2.05, 4.69) is 5.32 Å². The van der Waals surface area contributed by atoms with Gasteiger partial charge >= 0.3 is 6.18 Å². The molecule has 2 unspecified atom stereocenters. The van der Waals surface area contributed by atoms with Crippen molar-refractivity contribution in [2.24, 2.45) is 5.92 Å². The van der Waals surface area contributed by atoms with E-state index in [1.165, 1.54) is 0 Å². The molecule has 0 spiro atoms. The highest BCUT2D eigenvalue weighted by molar-refractivity contribution is 4.86. The van der Waals surface area contributed by atoms with Crippen LogP contribution < -0.4 is 5.32 Å². The summed E-state index contributed by atoms with van der Waals surface area (Å²) in [5.74, 6) is 0.283. The highest BCUT2D eigenvalue weighted by Crippen LogP contribution is 2.29. The molecule has 13 heavy (non-hydrogen) atoms. The minimum Gasteiger partial charge on any atom is -0.303 e. The number of piperidine rings is 1. The molecule has 1 fully saturated rings. The molecule has 1 rings (SSSR count). The molecule has 0 amide bonds. The number of nitrogens with one attached hydrogen (secondary N) is 1. The lowest BCUT2D eigenvalue weighted by Crippen LogP contribution is -2.51. The quantitative estimate of drug-likeness (QED) is 0.678. The highest BCUT2D eigenvalue weighted by atomic mass is 19.4. The summed E-state index contributed by atoms with van der Waals surface area (Å²) < 4.78 is 36.9. The van der Waals surface area contributed by atoms with Crippen LogP contribution >= 0.6 is 0 Å². The van der Waals surface area contributed by atoms with Gasteiger partial charge in [0.1, 0.15) is 6.04 Å². The second-order valence-electron chi connectivity index (χ2n) is 4.04. The first-order valence-electron chi connectivity index (χ1n) is 4.74. The molecule has 0 saturated carbocycles. The first-order chi connectivity index (χ1) is 5.91. The molecule has 1 aliphatic heterocycles. The van der Waals surface area contributed by atoms with Crippen LogP contribution in [0.5, 0.6) is 0 Å². The maximum atomic E-state index is 12.3. The van der Waals surface area contributed by atoms with Crippen molar-refractivity contribution >= 4 is 0 Å². The van der Waals surface area contributed by atoms with Gasteiger partial charge < -0.3 is 5.32 Å². The van der Waals surface area contributed by atoms with Crippen LogP contribution in [0.15, 0.2) is 0 Å². The first kappa shape index (κ1) is 10.8. The number of rotatable bonds is 1. The Labute approximate surface area is 76.7 Å². The zero-order valence-corrected chi connectivity index (χ0v) is 7.99. The van der Waals surface area contributed by atoms with Gasteiger partial charge in [-0.1, -0.05) is 13.8 Å². The summed E-state index contributed by atoms with van der Waals surface area (Å²) in [5.41, 5.74) is 0. The van der Waals surface area contributed by atoms with Crippen molar-refractivity contribution in [3.8, 4) is 0 Å². The normalized spacial score (nSPS) is 30.9. The van der Waals surface area contributed by atoms with E-state index in [-0.39, 0.29) is 18.4 Å². The molecule has 0 radical (unpaired) electrons. The minimum atomic E-state index is -4.08. The van der Waals surface area contributed by atoms with E-state index in [9.17, 15) is 13.2 Å². The zero-order valence-electron chi connectivity index (χ0n) is 7.99. The van der Waals surface area contributed by atoms with Gasteiger partial charge in [-0.05, 0) is 25.2 Å². The van der Waals surface area contributed by atoms with Crippen LogP contribution in [0.4, 0.5) is 13.2 Å². The SMILES string of the molecule is CC(C)C1CCCC(C(F)(F)F)N1. The van der Waals surface area contributed by atoms with Gasteiger partial charge in [-0.3, -0.25) is 0 Å². The maximum absolute atomic E-state index is 12.3. The standard InChI is InChI=1S/C9H16F3N/c1-6(2)7-4-3-5-8(13-7)9(10,11)12/h6-8,13H,3-5H2,1-2H3. The van der Waals surface area contributed by atoms with Crippen LogP contribution in [0.25, 0.3) is 0 Å². The molecule has 0 aromatic carbocycles. The summed E-state index contributed by atoms with van der Waals surface area (Å²) in [5, 5.41) is 2.67. The van der Waals surface area contributed by atoms with Crippen LogP contribution in [0.2, 0.25) is 0 Å². The molecule has 0 aromatic rings. The average molecular weight is 195 g/mol. The van der Waals surface area contributed by atoms with Gasteiger partial charge in [-0.2, -0.15) is 13.2 Å². The van der Waals surface area contributed by atoms with Gasteiger partial charge in [0.25, 0.3) is 0 Å². The topological polar surface area (TPSA) is 12.0 Å². The molecule has 2 atom stereocenters. The van der Waals surface area contributed by atoms with Crippen molar-refractivity contribution in [3.63, 3.8) is 0 Å². The molecule has 1 heterocycles. The molecule has 78 valence electrons. The lowest BCUT2D eigenvalue weighted by Gasteiger charge is -2.34. The summed E-state index contributed by atoms with van der Waals surface area (Å²) in [7, 11) is 0. The molecule has 1 aliphatic rings. The Morgan fingerprint density at radius 2 is 1.85 bits per heavy atom. The molecule has 4 heteroatoms. The molecule has 0 aliphatic carbocycles. The minimum absolute atomic E-state index is 0.0281. The van der Waals surface area contributed by atoms with E-state index in [0.29, 0.717) is 6.42 Å². The van der Waals surface area contributed by atoms with Crippen molar-refractivity contribution in [1.82, 2.24) is 5.32 Å². The van der Waals surface area contributed by atoms with Gasteiger partial charge in [0.2, 0.25) is 0 Å². The zero-order chi connectivity index (χ0) is 10.1. The molecule has 1 N–H and O–H groups in total. The molecular formula is C9H16F3N. The van der Waals surface area contributed by atoms with Crippen molar-refractivity contribution < 1.29 is 13.2 Å². The van der Waals surface area contributed by atoms with Gasteiger partial charge in [0, 0.05) is 6.04 Å². The van der Waals surface area contributed by atoms with Crippen molar-refractivity contribution in [2.75, 3.05) is 0 Å². The number of hydrogen-bond acceptors (Lipinski definition) is 1. The van der Waals surface area contributed by atoms with Crippen LogP contribution in [-0.2, 0) is 0 Å². The Hall–Kier alpha value is -0.250. The van der Waals surface area contributed by atoms with Crippen molar-refractivity contribution in [3.05, 3.63) is 0 Å². The fourth-order valence-corrected chi connectivity index (χ4v) is 1.75. The summed E-state index contributed by atoms with van der Waals surface area (Å²) in [6.45, 7) is 3.91. The molecule has 1 saturated heterocycles.